The van der Waals surface area contributed by atoms with Gasteiger partial charge in [0.15, 0.2) is 5.13 Å². The highest BCUT2D eigenvalue weighted by molar-refractivity contribution is 7.14. The van der Waals surface area contributed by atoms with Crippen LogP contribution in [-0.2, 0) is 0 Å². The summed E-state index contributed by atoms with van der Waals surface area (Å²) in [5, 5.41) is 5.51. The SMILES string of the molecule is CN(C)c1ccc(C(=O)Nc2nc(C3CC3)cs2)cc1N. The number of aromatic nitrogens is 1. The molecule has 5 nitrogen and oxygen atoms in total. The number of carbonyl (C=O) groups excluding carboxylic acids is 1. The van der Waals surface area contributed by atoms with Crippen LogP contribution in [0, 0.1) is 0 Å². The van der Waals surface area contributed by atoms with Crippen LogP contribution >= 0.6 is 11.3 Å². The second kappa shape index (κ2) is 5.37. The maximum absolute atomic E-state index is 12.2. The maximum Gasteiger partial charge on any atom is 0.257 e. The molecule has 0 aliphatic heterocycles. The van der Waals surface area contributed by atoms with E-state index in [-0.39, 0.29) is 5.91 Å². The van der Waals surface area contributed by atoms with Gasteiger partial charge < -0.3 is 10.6 Å². The molecule has 0 radical (unpaired) electrons. The van der Waals surface area contributed by atoms with Gasteiger partial charge in [-0.05, 0) is 31.0 Å². The number of hydrogen-bond donors (Lipinski definition) is 2. The Bertz CT molecular complexity index is 676. The zero-order valence-electron chi connectivity index (χ0n) is 12.1. The van der Waals surface area contributed by atoms with Crippen molar-refractivity contribution in [2.75, 3.05) is 30.0 Å². The van der Waals surface area contributed by atoms with Crippen molar-refractivity contribution in [3.63, 3.8) is 0 Å². The molecule has 0 spiro atoms. The Hall–Kier alpha value is -2.08. The fourth-order valence-corrected chi connectivity index (χ4v) is 2.97. The topological polar surface area (TPSA) is 71.2 Å². The Morgan fingerprint density at radius 2 is 2.19 bits per heavy atom. The van der Waals surface area contributed by atoms with Gasteiger partial charge in [0.25, 0.3) is 5.91 Å². The van der Waals surface area contributed by atoms with E-state index in [1.54, 1.807) is 12.1 Å². The molecule has 1 heterocycles. The molecule has 110 valence electrons. The van der Waals surface area contributed by atoms with Gasteiger partial charge >= 0.3 is 0 Å². The number of amides is 1. The van der Waals surface area contributed by atoms with Gasteiger partial charge in [-0.15, -0.1) is 11.3 Å². The molecule has 3 N–H and O–H groups in total. The molecule has 1 aliphatic rings. The summed E-state index contributed by atoms with van der Waals surface area (Å²) in [5.41, 5.74) is 9.10. The smallest absolute Gasteiger partial charge is 0.257 e. The van der Waals surface area contributed by atoms with Gasteiger partial charge in [-0.25, -0.2) is 4.98 Å². The van der Waals surface area contributed by atoms with Gasteiger partial charge in [-0.2, -0.15) is 0 Å². The molecular formula is C15H18N4OS. The zero-order chi connectivity index (χ0) is 15.0. The van der Waals surface area contributed by atoms with E-state index >= 15 is 0 Å². The molecule has 6 heteroatoms. The first-order chi connectivity index (χ1) is 10.0. The summed E-state index contributed by atoms with van der Waals surface area (Å²) in [6.07, 6.45) is 2.42. The summed E-state index contributed by atoms with van der Waals surface area (Å²) in [6, 6.07) is 5.32. The number of nitrogens with zero attached hydrogens (tertiary/aromatic N) is 2. The van der Waals surface area contributed by atoms with E-state index in [1.807, 2.05) is 30.4 Å². The van der Waals surface area contributed by atoms with E-state index in [0.717, 1.165) is 11.4 Å². The highest BCUT2D eigenvalue weighted by Gasteiger charge is 2.26. The van der Waals surface area contributed by atoms with Crippen LogP contribution in [0.1, 0.15) is 34.8 Å². The lowest BCUT2D eigenvalue weighted by atomic mass is 10.1. The van der Waals surface area contributed by atoms with Crippen molar-refractivity contribution >= 4 is 33.8 Å². The standard InChI is InChI=1S/C15H18N4OS/c1-19(2)13-6-5-10(7-11(13)16)14(20)18-15-17-12(8-21-15)9-3-4-9/h5-9H,3-4,16H2,1-2H3,(H,17,18,20). The summed E-state index contributed by atoms with van der Waals surface area (Å²) >= 11 is 1.47. The number of nitrogen functional groups attached to an aromatic ring is 1. The molecule has 3 rings (SSSR count). The number of nitrogens with two attached hydrogens (primary N) is 1. The molecule has 21 heavy (non-hydrogen) atoms. The minimum atomic E-state index is -0.177. The lowest BCUT2D eigenvalue weighted by Crippen LogP contribution is -2.15. The molecule has 1 aromatic heterocycles. The first-order valence-corrected chi connectivity index (χ1v) is 7.76. The Morgan fingerprint density at radius 3 is 2.81 bits per heavy atom. The third-order valence-electron chi connectivity index (χ3n) is 3.51. The molecule has 0 atom stereocenters. The van der Waals surface area contributed by atoms with Crippen LogP contribution in [0.3, 0.4) is 0 Å². The molecule has 0 bridgehead atoms. The number of anilines is 3. The van der Waals surface area contributed by atoms with Crippen LogP contribution < -0.4 is 16.0 Å². The Kier molecular flexibility index (Phi) is 3.55. The molecule has 1 saturated carbocycles. The summed E-state index contributed by atoms with van der Waals surface area (Å²) < 4.78 is 0. The van der Waals surface area contributed by atoms with Gasteiger partial charge in [0, 0.05) is 31.0 Å². The number of nitrogens with one attached hydrogen (secondary N) is 1. The summed E-state index contributed by atoms with van der Waals surface area (Å²) in [7, 11) is 3.83. The van der Waals surface area contributed by atoms with Crippen LogP contribution in [0.15, 0.2) is 23.6 Å². The van der Waals surface area contributed by atoms with Crippen molar-refractivity contribution in [3.05, 3.63) is 34.8 Å². The highest BCUT2D eigenvalue weighted by atomic mass is 32.1. The largest absolute Gasteiger partial charge is 0.397 e. The van der Waals surface area contributed by atoms with Crippen LogP contribution in [0.4, 0.5) is 16.5 Å². The predicted molar refractivity (Wildman–Crippen MR) is 87.2 cm³/mol. The van der Waals surface area contributed by atoms with Crippen LogP contribution in [0.25, 0.3) is 0 Å². The Morgan fingerprint density at radius 1 is 1.43 bits per heavy atom. The molecule has 1 fully saturated rings. The van der Waals surface area contributed by atoms with E-state index in [4.69, 9.17) is 5.73 Å². The zero-order valence-corrected chi connectivity index (χ0v) is 12.9. The fourth-order valence-electron chi connectivity index (χ4n) is 2.18. The second-order valence-electron chi connectivity index (χ2n) is 5.47. The van der Waals surface area contributed by atoms with E-state index < -0.39 is 0 Å². The third kappa shape index (κ3) is 3.00. The van der Waals surface area contributed by atoms with Crippen LogP contribution in [0.2, 0.25) is 0 Å². The highest BCUT2D eigenvalue weighted by Crippen LogP contribution is 2.40. The number of carbonyl (C=O) groups is 1. The summed E-state index contributed by atoms with van der Waals surface area (Å²) in [4.78, 5) is 18.6. The van der Waals surface area contributed by atoms with Crippen molar-refractivity contribution in [3.8, 4) is 0 Å². The summed E-state index contributed by atoms with van der Waals surface area (Å²) in [6.45, 7) is 0. The van der Waals surface area contributed by atoms with Crippen molar-refractivity contribution in [1.29, 1.82) is 0 Å². The number of thiazole rings is 1. The minimum Gasteiger partial charge on any atom is -0.397 e. The van der Waals surface area contributed by atoms with E-state index in [0.29, 0.717) is 22.3 Å². The first kappa shape index (κ1) is 13.9. The molecule has 1 amide bonds. The minimum absolute atomic E-state index is 0.177. The third-order valence-corrected chi connectivity index (χ3v) is 4.29. The fraction of sp³-hybridized carbons (Fsp3) is 0.333. The number of rotatable bonds is 4. The Labute approximate surface area is 127 Å². The first-order valence-electron chi connectivity index (χ1n) is 6.88. The van der Waals surface area contributed by atoms with Crippen LogP contribution in [-0.4, -0.2) is 25.0 Å². The second-order valence-corrected chi connectivity index (χ2v) is 6.33. The molecule has 1 aliphatic carbocycles. The van der Waals surface area contributed by atoms with E-state index in [9.17, 15) is 4.79 Å². The monoisotopic (exact) mass is 302 g/mol. The van der Waals surface area contributed by atoms with Crippen molar-refractivity contribution in [2.45, 2.75) is 18.8 Å². The summed E-state index contributed by atoms with van der Waals surface area (Å²) in [5.74, 6) is 0.422. The van der Waals surface area contributed by atoms with Crippen molar-refractivity contribution in [2.24, 2.45) is 0 Å². The molecular weight excluding hydrogens is 284 g/mol. The van der Waals surface area contributed by atoms with Crippen molar-refractivity contribution < 1.29 is 4.79 Å². The van der Waals surface area contributed by atoms with Gasteiger partial charge in [0.1, 0.15) is 0 Å². The molecule has 0 unspecified atom stereocenters. The van der Waals surface area contributed by atoms with Gasteiger partial charge in [-0.1, -0.05) is 0 Å². The quantitative estimate of drug-likeness (QED) is 0.852. The average molecular weight is 302 g/mol. The van der Waals surface area contributed by atoms with Gasteiger partial charge in [0.2, 0.25) is 0 Å². The number of hydrogen-bond acceptors (Lipinski definition) is 5. The average Bonchev–Trinajstić information content (AvgIpc) is 3.19. The van der Waals surface area contributed by atoms with Crippen LogP contribution in [0.5, 0.6) is 0 Å². The lowest BCUT2D eigenvalue weighted by Gasteiger charge is -2.15. The van der Waals surface area contributed by atoms with Gasteiger partial charge in [-0.3, -0.25) is 10.1 Å². The van der Waals surface area contributed by atoms with E-state index in [2.05, 4.69) is 10.3 Å². The maximum atomic E-state index is 12.2. The molecule has 2 aromatic rings. The van der Waals surface area contributed by atoms with E-state index in [1.165, 1.54) is 24.2 Å². The van der Waals surface area contributed by atoms with Crippen molar-refractivity contribution in [1.82, 2.24) is 4.98 Å². The molecule has 1 aromatic carbocycles. The lowest BCUT2D eigenvalue weighted by molar-refractivity contribution is 0.102. The normalized spacial score (nSPS) is 14.0. The molecule has 0 saturated heterocycles. The Balaban J connectivity index is 1.73. The van der Waals surface area contributed by atoms with Gasteiger partial charge in [0.05, 0.1) is 17.1 Å². The predicted octanol–water partition coefficient (Wildman–Crippen LogP) is 2.92. The number of benzene rings is 1.